The Morgan fingerprint density at radius 1 is 1.24 bits per heavy atom. The standard InChI is InChI=1S/C13H17F2NO/c1-13(2,3)16(4)7-9-10(8-17)12(15)6-5-11(9)14/h5-6,8H,7H2,1-4H3. The van der Waals surface area contributed by atoms with Gasteiger partial charge in [-0.2, -0.15) is 0 Å². The Hall–Kier alpha value is -1.29. The molecule has 0 amide bonds. The fraction of sp³-hybridized carbons (Fsp3) is 0.462. The molecule has 0 fully saturated rings. The Kier molecular flexibility index (Phi) is 3.98. The number of halogens is 2. The minimum absolute atomic E-state index is 0.109. The first-order chi connectivity index (χ1) is 7.77. The monoisotopic (exact) mass is 241 g/mol. The molecule has 2 nitrogen and oxygen atoms in total. The van der Waals surface area contributed by atoms with Crippen LogP contribution in [0.1, 0.15) is 36.7 Å². The molecule has 0 aliphatic rings. The van der Waals surface area contributed by atoms with E-state index < -0.39 is 11.6 Å². The molecule has 0 N–H and O–H groups in total. The van der Waals surface area contributed by atoms with Gasteiger partial charge in [-0.15, -0.1) is 0 Å². The summed E-state index contributed by atoms with van der Waals surface area (Å²) in [6.07, 6.45) is 0.365. The number of benzene rings is 1. The highest BCUT2D eigenvalue weighted by atomic mass is 19.1. The van der Waals surface area contributed by atoms with E-state index in [0.717, 1.165) is 12.1 Å². The average Bonchev–Trinajstić information content (AvgIpc) is 2.22. The van der Waals surface area contributed by atoms with Gasteiger partial charge in [0.2, 0.25) is 0 Å². The van der Waals surface area contributed by atoms with Crippen molar-refractivity contribution in [2.75, 3.05) is 7.05 Å². The van der Waals surface area contributed by atoms with Crippen molar-refractivity contribution in [3.63, 3.8) is 0 Å². The van der Waals surface area contributed by atoms with E-state index in [2.05, 4.69) is 0 Å². The molecule has 1 aromatic rings. The van der Waals surface area contributed by atoms with Crippen LogP contribution in [0, 0.1) is 11.6 Å². The quantitative estimate of drug-likeness (QED) is 0.758. The molecule has 17 heavy (non-hydrogen) atoms. The molecular weight excluding hydrogens is 224 g/mol. The Morgan fingerprint density at radius 2 is 1.76 bits per heavy atom. The summed E-state index contributed by atoms with van der Waals surface area (Å²) in [6, 6.07) is 2.02. The molecule has 0 aliphatic carbocycles. The fourth-order valence-electron chi connectivity index (χ4n) is 1.37. The van der Waals surface area contributed by atoms with Gasteiger partial charge in [-0.05, 0) is 40.0 Å². The molecule has 0 bridgehead atoms. The zero-order valence-corrected chi connectivity index (χ0v) is 10.6. The Morgan fingerprint density at radius 3 is 2.24 bits per heavy atom. The van der Waals surface area contributed by atoms with E-state index in [9.17, 15) is 13.6 Å². The minimum atomic E-state index is -0.682. The van der Waals surface area contributed by atoms with Gasteiger partial charge in [-0.1, -0.05) is 0 Å². The second-order valence-corrected chi connectivity index (χ2v) is 5.07. The van der Waals surface area contributed by atoms with Gasteiger partial charge in [-0.3, -0.25) is 9.69 Å². The number of rotatable bonds is 3. The average molecular weight is 241 g/mol. The number of carbonyl (C=O) groups excluding carboxylic acids is 1. The lowest BCUT2D eigenvalue weighted by Gasteiger charge is -2.32. The first-order valence-electron chi connectivity index (χ1n) is 5.40. The van der Waals surface area contributed by atoms with Crippen LogP contribution in [-0.2, 0) is 6.54 Å². The van der Waals surface area contributed by atoms with Crippen LogP contribution < -0.4 is 0 Å². The molecule has 94 valence electrons. The van der Waals surface area contributed by atoms with E-state index in [-0.39, 0.29) is 23.2 Å². The molecule has 0 saturated carbocycles. The van der Waals surface area contributed by atoms with Crippen LogP contribution in [0.2, 0.25) is 0 Å². The number of aldehydes is 1. The van der Waals surface area contributed by atoms with E-state index in [4.69, 9.17) is 0 Å². The smallest absolute Gasteiger partial charge is 0.153 e. The molecule has 0 unspecified atom stereocenters. The lowest BCUT2D eigenvalue weighted by Crippen LogP contribution is -2.37. The van der Waals surface area contributed by atoms with Gasteiger partial charge < -0.3 is 0 Å². The van der Waals surface area contributed by atoms with Gasteiger partial charge in [0.15, 0.2) is 6.29 Å². The number of nitrogens with zero attached hydrogens (tertiary/aromatic N) is 1. The van der Waals surface area contributed by atoms with Crippen molar-refractivity contribution >= 4 is 6.29 Å². The SMILES string of the molecule is CN(Cc1c(F)ccc(F)c1C=O)C(C)(C)C. The summed E-state index contributed by atoms with van der Waals surface area (Å²) in [5.41, 5.74) is -0.266. The van der Waals surface area contributed by atoms with Crippen molar-refractivity contribution in [3.05, 3.63) is 34.9 Å². The summed E-state index contributed by atoms with van der Waals surface area (Å²) in [6.45, 7) is 6.08. The first-order valence-corrected chi connectivity index (χ1v) is 5.40. The van der Waals surface area contributed by atoms with Crippen molar-refractivity contribution in [1.29, 1.82) is 0 Å². The second kappa shape index (κ2) is 4.92. The van der Waals surface area contributed by atoms with Gasteiger partial charge in [0.1, 0.15) is 11.6 Å². The molecule has 1 aromatic carbocycles. The third kappa shape index (κ3) is 3.09. The van der Waals surface area contributed by atoms with Gasteiger partial charge >= 0.3 is 0 Å². The van der Waals surface area contributed by atoms with Crippen LogP contribution in [0.4, 0.5) is 8.78 Å². The van der Waals surface area contributed by atoms with E-state index in [1.807, 2.05) is 25.7 Å². The fourth-order valence-corrected chi connectivity index (χ4v) is 1.37. The van der Waals surface area contributed by atoms with Crippen LogP contribution >= 0.6 is 0 Å². The van der Waals surface area contributed by atoms with Crippen LogP contribution in [0.5, 0.6) is 0 Å². The first kappa shape index (κ1) is 13.8. The van der Waals surface area contributed by atoms with Crippen LogP contribution in [0.3, 0.4) is 0 Å². The molecule has 0 atom stereocenters. The van der Waals surface area contributed by atoms with Crippen molar-refractivity contribution in [1.82, 2.24) is 4.90 Å². The van der Waals surface area contributed by atoms with E-state index in [1.165, 1.54) is 0 Å². The van der Waals surface area contributed by atoms with E-state index >= 15 is 0 Å². The summed E-state index contributed by atoms with van der Waals surface area (Å²) < 4.78 is 27.0. The highest BCUT2D eigenvalue weighted by Gasteiger charge is 2.21. The van der Waals surface area contributed by atoms with Crippen molar-refractivity contribution in [3.8, 4) is 0 Å². The largest absolute Gasteiger partial charge is 0.298 e. The van der Waals surface area contributed by atoms with Gasteiger partial charge in [-0.25, -0.2) is 8.78 Å². The Labute approximate surface area is 100 Å². The van der Waals surface area contributed by atoms with Gasteiger partial charge in [0.25, 0.3) is 0 Å². The molecule has 0 heterocycles. The summed E-state index contributed by atoms with van der Waals surface area (Å²) >= 11 is 0. The summed E-state index contributed by atoms with van der Waals surface area (Å²) in [4.78, 5) is 12.7. The third-order valence-electron chi connectivity index (χ3n) is 2.90. The van der Waals surface area contributed by atoms with Crippen molar-refractivity contribution in [2.24, 2.45) is 0 Å². The van der Waals surface area contributed by atoms with Crippen molar-refractivity contribution < 1.29 is 13.6 Å². The summed E-state index contributed by atoms with van der Waals surface area (Å²) in [7, 11) is 1.80. The predicted octanol–water partition coefficient (Wildman–Crippen LogP) is 3.01. The molecule has 0 aromatic heterocycles. The predicted molar refractivity (Wildman–Crippen MR) is 63.0 cm³/mol. The zero-order valence-electron chi connectivity index (χ0n) is 10.6. The molecule has 0 aliphatic heterocycles. The lowest BCUT2D eigenvalue weighted by molar-refractivity contribution is 0.111. The highest BCUT2D eigenvalue weighted by Crippen LogP contribution is 2.21. The summed E-state index contributed by atoms with van der Waals surface area (Å²) in [5, 5.41) is 0. The molecule has 0 radical (unpaired) electrons. The molecule has 1 rings (SSSR count). The van der Waals surface area contributed by atoms with Gasteiger partial charge in [0.05, 0.1) is 5.56 Å². The molecule has 0 spiro atoms. The Balaban J connectivity index is 3.14. The number of hydrogen-bond acceptors (Lipinski definition) is 2. The molecular formula is C13H17F2NO. The van der Waals surface area contributed by atoms with E-state index in [0.29, 0.717) is 6.29 Å². The van der Waals surface area contributed by atoms with Crippen LogP contribution in [-0.4, -0.2) is 23.8 Å². The number of hydrogen-bond donors (Lipinski definition) is 0. The van der Waals surface area contributed by atoms with E-state index in [1.54, 1.807) is 7.05 Å². The molecule has 0 saturated heterocycles. The maximum Gasteiger partial charge on any atom is 0.153 e. The maximum atomic E-state index is 13.6. The second-order valence-electron chi connectivity index (χ2n) is 5.07. The normalized spacial score (nSPS) is 11.9. The lowest BCUT2D eigenvalue weighted by atomic mass is 10.0. The van der Waals surface area contributed by atoms with Crippen LogP contribution in [0.25, 0.3) is 0 Å². The minimum Gasteiger partial charge on any atom is -0.298 e. The molecule has 4 heteroatoms. The highest BCUT2D eigenvalue weighted by molar-refractivity contribution is 5.77. The zero-order chi connectivity index (χ0) is 13.2. The van der Waals surface area contributed by atoms with Gasteiger partial charge in [0, 0.05) is 17.6 Å². The topological polar surface area (TPSA) is 20.3 Å². The third-order valence-corrected chi connectivity index (χ3v) is 2.90. The van der Waals surface area contributed by atoms with Crippen LogP contribution in [0.15, 0.2) is 12.1 Å². The maximum absolute atomic E-state index is 13.6. The Bertz CT molecular complexity index is 424. The number of carbonyl (C=O) groups is 1. The van der Waals surface area contributed by atoms with Crippen molar-refractivity contribution in [2.45, 2.75) is 32.9 Å². The summed E-state index contributed by atoms with van der Waals surface area (Å²) in [5.74, 6) is -1.23.